The van der Waals surface area contributed by atoms with Gasteiger partial charge in [0.15, 0.2) is 0 Å². The van der Waals surface area contributed by atoms with Gasteiger partial charge in [0.25, 0.3) is 0 Å². The Morgan fingerprint density at radius 3 is 2.76 bits per heavy atom. The number of hydrogen-bond donors (Lipinski definition) is 1. The number of rotatable bonds is 7. The lowest BCUT2D eigenvalue weighted by Crippen LogP contribution is -2.45. The highest BCUT2D eigenvalue weighted by Crippen LogP contribution is 2.27. The predicted octanol–water partition coefficient (Wildman–Crippen LogP) is 1.17. The van der Waals surface area contributed by atoms with E-state index in [1.54, 1.807) is 39.3 Å². The first-order chi connectivity index (χ1) is 11.9. The predicted molar refractivity (Wildman–Crippen MR) is 94.1 cm³/mol. The molecular weight excluding hydrogens is 344 g/mol. The Labute approximate surface area is 149 Å². The molecule has 0 radical (unpaired) electrons. The van der Waals surface area contributed by atoms with Crippen molar-refractivity contribution in [3.05, 3.63) is 23.8 Å². The quantitative estimate of drug-likeness (QED) is 0.728. The van der Waals surface area contributed by atoms with Crippen molar-refractivity contribution in [2.45, 2.75) is 24.7 Å². The number of nitrogens with one attached hydrogen (secondary N) is 1. The summed E-state index contributed by atoms with van der Waals surface area (Å²) in [6, 6.07) is 4.81. The van der Waals surface area contributed by atoms with E-state index in [0.29, 0.717) is 38.3 Å². The highest BCUT2D eigenvalue weighted by atomic mass is 32.2. The number of carbonyl (C=O) groups excluding carboxylic acids is 1. The molecule has 140 valence electrons. The van der Waals surface area contributed by atoms with Gasteiger partial charge in [0.2, 0.25) is 15.9 Å². The largest absolute Gasteiger partial charge is 0.496 e. The second kappa shape index (κ2) is 8.64. The first-order valence-electron chi connectivity index (χ1n) is 8.31. The second-order valence-electron chi connectivity index (χ2n) is 6.12. The normalized spacial score (nSPS) is 18.8. The number of benzene rings is 1. The average Bonchev–Trinajstić information content (AvgIpc) is 2.61. The van der Waals surface area contributed by atoms with E-state index < -0.39 is 10.0 Å². The minimum atomic E-state index is -3.63. The summed E-state index contributed by atoms with van der Waals surface area (Å²) in [7, 11) is -0.511. The maximum Gasteiger partial charge on any atom is 0.243 e. The topological polar surface area (TPSA) is 84.9 Å². The molecule has 1 fully saturated rings. The number of aryl methyl sites for hydroxylation is 1. The van der Waals surface area contributed by atoms with Gasteiger partial charge in [0.05, 0.1) is 24.5 Å². The van der Waals surface area contributed by atoms with Crippen molar-refractivity contribution in [1.29, 1.82) is 0 Å². The van der Waals surface area contributed by atoms with Crippen molar-refractivity contribution in [3.63, 3.8) is 0 Å². The molecule has 7 nitrogen and oxygen atoms in total. The molecule has 2 rings (SSSR count). The lowest BCUT2D eigenvalue weighted by molar-refractivity contribution is -0.126. The molecule has 0 bridgehead atoms. The number of carbonyl (C=O) groups is 1. The third-order valence-corrected chi connectivity index (χ3v) is 6.23. The molecule has 8 heteroatoms. The van der Waals surface area contributed by atoms with Crippen molar-refractivity contribution in [1.82, 2.24) is 9.62 Å². The van der Waals surface area contributed by atoms with Gasteiger partial charge < -0.3 is 14.8 Å². The summed E-state index contributed by atoms with van der Waals surface area (Å²) in [6.45, 7) is 3.30. The number of hydrogen-bond acceptors (Lipinski definition) is 5. The molecule has 0 spiro atoms. The van der Waals surface area contributed by atoms with Crippen LogP contribution in [0.3, 0.4) is 0 Å². The number of ether oxygens (including phenoxy) is 2. The van der Waals surface area contributed by atoms with E-state index >= 15 is 0 Å². The van der Waals surface area contributed by atoms with Crippen LogP contribution >= 0.6 is 0 Å². The lowest BCUT2D eigenvalue weighted by Gasteiger charge is -2.31. The van der Waals surface area contributed by atoms with Crippen LogP contribution in [0.1, 0.15) is 18.4 Å². The van der Waals surface area contributed by atoms with Gasteiger partial charge in [-0.2, -0.15) is 4.31 Å². The zero-order valence-electron chi connectivity index (χ0n) is 14.9. The first kappa shape index (κ1) is 19.7. The van der Waals surface area contributed by atoms with Crippen LogP contribution in [-0.4, -0.2) is 59.1 Å². The first-order valence-corrected chi connectivity index (χ1v) is 9.75. The molecule has 1 aromatic carbocycles. The standard InChI is InChI=1S/C17H26N2O5S/c1-13-11-15(6-7-16(13)24-3)25(21,22)19-9-4-5-14(12-19)17(20)18-8-10-23-2/h6-7,11,14H,4-5,8-10,12H2,1-3H3,(H,18,20)/t14-/m1/s1. The summed E-state index contributed by atoms with van der Waals surface area (Å²) >= 11 is 0. The van der Waals surface area contributed by atoms with E-state index in [4.69, 9.17) is 9.47 Å². The van der Waals surface area contributed by atoms with Crippen LogP contribution < -0.4 is 10.1 Å². The fourth-order valence-corrected chi connectivity index (χ4v) is 4.57. The lowest BCUT2D eigenvalue weighted by atomic mass is 9.99. The van der Waals surface area contributed by atoms with E-state index in [1.165, 1.54) is 4.31 Å². The van der Waals surface area contributed by atoms with Crippen LogP contribution in [0.4, 0.5) is 0 Å². The van der Waals surface area contributed by atoms with E-state index in [9.17, 15) is 13.2 Å². The summed E-state index contributed by atoms with van der Waals surface area (Å²) in [5.41, 5.74) is 0.759. The molecule has 0 aromatic heterocycles. The van der Waals surface area contributed by atoms with Gasteiger partial charge in [-0.1, -0.05) is 0 Å². The highest BCUT2D eigenvalue weighted by molar-refractivity contribution is 7.89. The molecule has 1 heterocycles. The molecule has 1 amide bonds. The number of sulfonamides is 1. The maximum absolute atomic E-state index is 12.9. The smallest absolute Gasteiger partial charge is 0.243 e. The molecule has 0 aliphatic carbocycles. The summed E-state index contributed by atoms with van der Waals surface area (Å²) in [6.07, 6.45) is 1.35. The Kier molecular flexibility index (Phi) is 6.80. The van der Waals surface area contributed by atoms with Crippen molar-refractivity contribution < 1.29 is 22.7 Å². The van der Waals surface area contributed by atoms with Crippen LogP contribution in [0, 0.1) is 12.8 Å². The summed E-state index contributed by atoms with van der Waals surface area (Å²) in [4.78, 5) is 12.4. The Morgan fingerprint density at radius 1 is 1.36 bits per heavy atom. The Bertz CT molecular complexity index is 705. The van der Waals surface area contributed by atoms with Gasteiger partial charge in [-0.3, -0.25) is 4.79 Å². The monoisotopic (exact) mass is 370 g/mol. The van der Waals surface area contributed by atoms with Gasteiger partial charge in [0, 0.05) is 26.7 Å². The van der Waals surface area contributed by atoms with E-state index in [0.717, 1.165) is 5.56 Å². The van der Waals surface area contributed by atoms with Gasteiger partial charge in [-0.25, -0.2) is 8.42 Å². The number of amides is 1. The van der Waals surface area contributed by atoms with Gasteiger partial charge in [-0.15, -0.1) is 0 Å². The van der Waals surface area contributed by atoms with Crippen molar-refractivity contribution in [2.75, 3.05) is 40.5 Å². The van der Waals surface area contributed by atoms with Crippen molar-refractivity contribution >= 4 is 15.9 Å². The van der Waals surface area contributed by atoms with Crippen LogP contribution in [0.15, 0.2) is 23.1 Å². The fourth-order valence-electron chi connectivity index (χ4n) is 2.96. The Balaban J connectivity index is 2.11. The molecule has 0 unspecified atom stereocenters. The third kappa shape index (κ3) is 4.71. The van der Waals surface area contributed by atoms with E-state index in [1.807, 2.05) is 0 Å². The molecule has 1 aliphatic heterocycles. The van der Waals surface area contributed by atoms with Crippen LogP contribution in [-0.2, 0) is 19.6 Å². The summed E-state index contributed by atoms with van der Waals surface area (Å²) < 4.78 is 37.3. The molecular formula is C17H26N2O5S. The van der Waals surface area contributed by atoms with Crippen molar-refractivity contribution in [2.24, 2.45) is 5.92 Å². The Hall–Kier alpha value is -1.64. The van der Waals surface area contributed by atoms with Crippen LogP contribution in [0.25, 0.3) is 0 Å². The number of nitrogens with zero attached hydrogens (tertiary/aromatic N) is 1. The van der Waals surface area contributed by atoms with E-state index in [-0.39, 0.29) is 23.3 Å². The SMILES string of the molecule is COCCNC(=O)[C@@H]1CCCN(S(=O)(=O)c2ccc(OC)c(C)c2)C1. The van der Waals surface area contributed by atoms with Crippen LogP contribution in [0.2, 0.25) is 0 Å². The molecule has 1 aliphatic rings. The van der Waals surface area contributed by atoms with Gasteiger partial charge in [0.1, 0.15) is 5.75 Å². The summed E-state index contributed by atoms with van der Waals surface area (Å²) in [5, 5.41) is 2.79. The zero-order valence-corrected chi connectivity index (χ0v) is 15.8. The third-order valence-electron chi connectivity index (χ3n) is 4.36. The average molecular weight is 370 g/mol. The fraction of sp³-hybridized carbons (Fsp3) is 0.588. The minimum absolute atomic E-state index is 0.122. The zero-order chi connectivity index (χ0) is 18.4. The molecule has 0 saturated carbocycles. The molecule has 25 heavy (non-hydrogen) atoms. The molecule has 1 saturated heterocycles. The molecule has 1 atom stereocenters. The molecule has 1 N–H and O–H groups in total. The Morgan fingerprint density at radius 2 is 2.12 bits per heavy atom. The molecule has 1 aromatic rings. The van der Waals surface area contributed by atoms with Gasteiger partial charge in [-0.05, 0) is 43.5 Å². The maximum atomic E-state index is 12.9. The van der Waals surface area contributed by atoms with Crippen molar-refractivity contribution in [3.8, 4) is 5.75 Å². The highest BCUT2D eigenvalue weighted by Gasteiger charge is 2.33. The summed E-state index contributed by atoms with van der Waals surface area (Å²) in [5.74, 6) is 0.190. The number of methoxy groups -OCH3 is 2. The van der Waals surface area contributed by atoms with E-state index in [2.05, 4.69) is 5.32 Å². The second-order valence-corrected chi connectivity index (χ2v) is 8.06. The van der Waals surface area contributed by atoms with Crippen LogP contribution in [0.5, 0.6) is 5.75 Å². The van der Waals surface area contributed by atoms with Gasteiger partial charge >= 0.3 is 0 Å². The minimum Gasteiger partial charge on any atom is -0.496 e. The number of piperidine rings is 1.